The molecule has 2 saturated heterocycles. The van der Waals surface area contributed by atoms with E-state index < -0.39 is 17.7 Å². The van der Waals surface area contributed by atoms with Crippen LogP contribution in [-0.2, 0) is 14.3 Å². The molecule has 9 nitrogen and oxygen atoms in total. The number of benzene rings is 2. The summed E-state index contributed by atoms with van der Waals surface area (Å²) in [6.07, 6.45) is 2.60. The second kappa shape index (κ2) is 14.2. The van der Waals surface area contributed by atoms with E-state index in [0.29, 0.717) is 67.8 Å². The molecule has 2 aliphatic heterocycles. The number of unbranched alkanes of at least 4 members (excludes halogenated alkanes) is 1. The molecule has 0 radical (unpaired) electrons. The number of methoxy groups -OCH3 is 1. The van der Waals surface area contributed by atoms with Crippen LogP contribution in [0.25, 0.3) is 5.76 Å². The summed E-state index contributed by atoms with van der Waals surface area (Å²) in [5, 5.41) is 11.5. The van der Waals surface area contributed by atoms with Crippen LogP contribution >= 0.6 is 0 Å². The van der Waals surface area contributed by atoms with Crippen LogP contribution in [0.15, 0.2) is 48.0 Å². The lowest BCUT2D eigenvalue weighted by Crippen LogP contribution is -2.39. The topological polar surface area (TPSA) is 97.8 Å². The SMILES string of the molecule is CCCCOc1ccc(C2C(=C(O)c3cccc(OCC)c3)C(=O)C(=O)N2CCCN2CCOCC2)cc1OC. The molecule has 2 heterocycles. The van der Waals surface area contributed by atoms with Crippen molar-refractivity contribution < 1.29 is 33.6 Å². The van der Waals surface area contributed by atoms with Gasteiger partial charge in [0.25, 0.3) is 11.7 Å². The first kappa shape index (κ1) is 29.4. The Kier molecular flexibility index (Phi) is 10.4. The number of aliphatic hydroxyl groups is 1. The van der Waals surface area contributed by atoms with E-state index in [1.54, 1.807) is 48.4 Å². The molecular weight excluding hydrogens is 512 g/mol. The molecule has 1 unspecified atom stereocenters. The second-order valence-electron chi connectivity index (χ2n) is 9.87. The maximum atomic E-state index is 13.5. The van der Waals surface area contributed by atoms with Crippen LogP contribution in [0.1, 0.15) is 50.3 Å². The number of nitrogens with zero attached hydrogens (tertiary/aromatic N) is 2. The minimum absolute atomic E-state index is 0.0479. The number of likely N-dealkylation sites (tertiary alicyclic amines) is 1. The van der Waals surface area contributed by atoms with E-state index >= 15 is 0 Å². The van der Waals surface area contributed by atoms with E-state index in [0.717, 1.165) is 32.5 Å². The average molecular weight is 553 g/mol. The van der Waals surface area contributed by atoms with Gasteiger partial charge in [0, 0.05) is 31.7 Å². The van der Waals surface area contributed by atoms with Gasteiger partial charge in [-0.05, 0) is 49.6 Å². The first-order chi connectivity index (χ1) is 19.5. The molecule has 4 rings (SSSR count). The molecule has 2 aromatic carbocycles. The van der Waals surface area contributed by atoms with Crippen molar-refractivity contribution >= 4 is 17.4 Å². The molecule has 0 spiro atoms. The molecule has 0 saturated carbocycles. The van der Waals surface area contributed by atoms with Gasteiger partial charge in [0.2, 0.25) is 0 Å². The number of hydrogen-bond acceptors (Lipinski definition) is 8. The average Bonchev–Trinajstić information content (AvgIpc) is 3.23. The fourth-order valence-electron chi connectivity index (χ4n) is 5.10. The van der Waals surface area contributed by atoms with Crippen molar-refractivity contribution in [3.05, 3.63) is 59.2 Å². The van der Waals surface area contributed by atoms with Crippen molar-refractivity contribution in [3.8, 4) is 17.2 Å². The molecule has 1 amide bonds. The van der Waals surface area contributed by atoms with Crippen molar-refractivity contribution in [1.29, 1.82) is 0 Å². The number of morpholine rings is 1. The van der Waals surface area contributed by atoms with E-state index in [9.17, 15) is 14.7 Å². The molecule has 216 valence electrons. The van der Waals surface area contributed by atoms with Gasteiger partial charge in [0.05, 0.1) is 45.2 Å². The molecule has 9 heteroatoms. The van der Waals surface area contributed by atoms with Crippen molar-refractivity contribution in [3.63, 3.8) is 0 Å². The maximum Gasteiger partial charge on any atom is 0.295 e. The normalized spacial score (nSPS) is 19.2. The third-order valence-corrected chi connectivity index (χ3v) is 7.19. The second-order valence-corrected chi connectivity index (χ2v) is 9.87. The fourth-order valence-corrected chi connectivity index (χ4v) is 5.10. The summed E-state index contributed by atoms with van der Waals surface area (Å²) < 4.78 is 22.6. The molecule has 40 heavy (non-hydrogen) atoms. The van der Waals surface area contributed by atoms with Gasteiger partial charge in [-0.25, -0.2) is 0 Å². The van der Waals surface area contributed by atoms with Crippen LogP contribution in [0, 0.1) is 0 Å². The Labute approximate surface area is 236 Å². The number of carbonyl (C=O) groups excluding carboxylic acids is 2. The van der Waals surface area contributed by atoms with Gasteiger partial charge in [-0.3, -0.25) is 14.5 Å². The molecule has 0 aromatic heterocycles. The lowest BCUT2D eigenvalue weighted by molar-refractivity contribution is -0.140. The van der Waals surface area contributed by atoms with E-state index in [4.69, 9.17) is 18.9 Å². The van der Waals surface area contributed by atoms with Gasteiger partial charge in [-0.15, -0.1) is 0 Å². The minimum Gasteiger partial charge on any atom is -0.507 e. The first-order valence-corrected chi connectivity index (χ1v) is 14.1. The van der Waals surface area contributed by atoms with Crippen LogP contribution in [0.4, 0.5) is 0 Å². The molecule has 2 aliphatic rings. The number of rotatable bonds is 13. The number of ether oxygens (including phenoxy) is 4. The minimum atomic E-state index is -0.779. The Hall–Kier alpha value is -3.56. The Balaban J connectivity index is 1.71. The number of carbonyl (C=O) groups is 2. The monoisotopic (exact) mass is 552 g/mol. The number of ketones is 1. The van der Waals surface area contributed by atoms with Crippen molar-refractivity contribution in [2.45, 2.75) is 39.2 Å². The fraction of sp³-hybridized carbons (Fsp3) is 0.484. The predicted octanol–water partition coefficient (Wildman–Crippen LogP) is 4.42. The van der Waals surface area contributed by atoms with Gasteiger partial charge in [0.15, 0.2) is 11.5 Å². The summed E-state index contributed by atoms with van der Waals surface area (Å²) in [5.41, 5.74) is 1.12. The summed E-state index contributed by atoms with van der Waals surface area (Å²) in [6, 6.07) is 11.5. The molecular formula is C31H40N2O7. The zero-order valence-corrected chi connectivity index (χ0v) is 23.7. The summed E-state index contributed by atoms with van der Waals surface area (Å²) in [4.78, 5) is 30.7. The quantitative estimate of drug-likeness (QED) is 0.169. The van der Waals surface area contributed by atoms with E-state index in [2.05, 4.69) is 11.8 Å². The number of aliphatic hydroxyl groups excluding tert-OH is 1. The Morgan fingerprint density at radius 1 is 1.00 bits per heavy atom. The highest BCUT2D eigenvalue weighted by Crippen LogP contribution is 2.42. The highest BCUT2D eigenvalue weighted by molar-refractivity contribution is 6.46. The maximum absolute atomic E-state index is 13.5. The van der Waals surface area contributed by atoms with Crippen LogP contribution in [0.3, 0.4) is 0 Å². The lowest BCUT2D eigenvalue weighted by atomic mass is 9.95. The number of amides is 1. The molecule has 0 aliphatic carbocycles. The number of Topliss-reactive ketones (excluding diaryl/α,β-unsaturated/α-hetero) is 1. The first-order valence-electron chi connectivity index (χ1n) is 14.1. The zero-order chi connectivity index (χ0) is 28.5. The molecule has 2 aromatic rings. The lowest BCUT2D eigenvalue weighted by Gasteiger charge is -2.29. The summed E-state index contributed by atoms with van der Waals surface area (Å²) in [7, 11) is 1.56. The van der Waals surface area contributed by atoms with Gasteiger partial charge >= 0.3 is 0 Å². The van der Waals surface area contributed by atoms with E-state index in [-0.39, 0.29) is 11.3 Å². The van der Waals surface area contributed by atoms with Gasteiger partial charge < -0.3 is 29.0 Å². The van der Waals surface area contributed by atoms with Crippen LogP contribution in [0.2, 0.25) is 0 Å². The zero-order valence-electron chi connectivity index (χ0n) is 23.7. The van der Waals surface area contributed by atoms with E-state index in [1.165, 1.54) is 0 Å². The highest BCUT2D eigenvalue weighted by Gasteiger charge is 2.46. The van der Waals surface area contributed by atoms with Gasteiger partial charge in [-0.1, -0.05) is 31.5 Å². The third kappa shape index (κ3) is 6.77. The van der Waals surface area contributed by atoms with Crippen molar-refractivity contribution in [2.24, 2.45) is 0 Å². The summed E-state index contributed by atoms with van der Waals surface area (Å²) in [6.45, 7) is 9.20. The van der Waals surface area contributed by atoms with Crippen LogP contribution in [-0.4, -0.2) is 86.3 Å². The van der Waals surface area contributed by atoms with Crippen LogP contribution < -0.4 is 14.2 Å². The largest absolute Gasteiger partial charge is 0.507 e. The molecule has 2 fully saturated rings. The highest BCUT2D eigenvalue weighted by atomic mass is 16.5. The Bertz CT molecular complexity index is 1210. The Morgan fingerprint density at radius 3 is 2.52 bits per heavy atom. The van der Waals surface area contributed by atoms with Gasteiger partial charge in [-0.2, -0.15) is 0 Å². The van der Waals surface area contributed by atoms with Crippen molar-refractivity contribution in [1.82, 2.24) is 9.80 Å². The standard InChI is InChI=1S/C31H40N2O7/c1-4-6-17-40-25-12-11-22(21-26(25)37-3)28-27(29(34)23-9-7-10-24(20-23)39-5-2)30(35)31(36)33(28)14-8-13-32-15-18-38-19-16-32/h7,9-12,20-21,28,34H,4-6,8,13-19H2,1-3H3. The summed E-state index contributed by atoms with van der Waals surface area (Å²) in [5.74, 6) is 0.0924. The third-order valence-electron chi connectivity index (χ3n) is 7.19. The smallest absolute Gasteiger partial charge is 0.295 e. The van der Waals surface area contributed by atoms with E-state index in [1.807, 2.05) is 13.0 Å². The molecule has 1 atom stereocenters. The predicted molar refractivity (Wildman–Crippen MR) is 152 cm³/mol. The van der Waals surface area contributed by atoms with Crippen LogP contribution in [0.5, 0.6) is 17.2 Å². The summed E-state index contributed by atoms with van der Waals surface area (Å²) >= 11 is 0. The Morgan fingerprint density at radius 2 is 1.80 bits per heavy atom. The molecule has 1 N–H and O–H groups in total. The molecule has 0 bridgehead atoms. The van der Waals surface area contributed by atoms with Gasteiger partial charge in [0.1, 0.15) is 11.5 Å². The number of hydrogen-bond donors (Lipinski definition) is 1. The van der Waals surface area contributed by atoms with Crippen molar-refractivity contribution in [2.75, 3.05) is 59.7 Å².